The molecule has 158 valence electrons. The zero-order valence-corrected chi connectivity index (χ0v) is 18.7. The highest BCUT2D eigenvalue weighted by molar-refractivity contribution is 8.77. The van der Waals surface area contributed by atoms with E-state index in [1.165, 1.54) is 28.7 Å². The van der Waals surface area contributed by atoms with Gasteiger partial charge in [0.15, 0.2) is 5.78 Å². The Morgan fingerprint density at radius 1 is 1.37 bits per heavy atom. The molecule has 0 spiro atoms. The minimum Gasteiger partial charge on any atom is -0.481 e. The van der Waals surface area contributed by atoms with Gasteiger partial charge < -0.3 is 9.84 Å². The molecule has 2 aliphatic rings. The average molecular weight is 446 g/mol. The minimum absolute atomic E-state index is 0.0596. The fourth-order valence-electron chi connectivity index (χ4n) is 2.94. The zero-order valence-electron chi connectivity index (χ0n) is 17.0. The van der Waals surface area contributed by atoms with Crippen LogP contribution >= 0.6 is 21.6 Å². The maximum atomic E-state index is 12.7. The van der Waals surface area contributed by atoms with Crippen molar-refractivity contribution in [3.63, 3.8) is 0 Å². The van der Waals surface area contributed by atoms with E-state index in [0.717, 1.165) is 5.57 Å². The van der Waals surface area contributed by atoms with Gasteiger partial charge in [0.25, 0.3) is 0 Å². The molecule has 2 rings (SSSR count). The van der Waals surface area contributed by atoms with E-state index in [4.69, 9.17) is 5.11 Å². The summed E-state index contributed by atoms with van der Waals surface area (Å²) in [5.74, 6) is 11.2. The number of fused-ring (bicyclic) bond motifs is 2. The van der Waals surface area contributed by atoms with Gasteiger partial charge in [0, 0.05) is 23.3 Å². The summed E-state index contributed by atoms with van der Waals surface area (Å²) in [5, 5.41) is 11.6. The number of hydrogen-bond donors (Lipinski definition) is 2. The molecule has 0 aromatic rings. The number of allylic oxidation sites excluding steroid dienone is 5. The first-order valence-corrected chi connectivity index (χ1v) is 11.5. The highest BCUT2D eigenvalue weighted by Gasteiger charge is 2.32. The lowest BCUT2D eigenvalue weighted by atomic mass is 9.80. The number of carbonyl (C=O) groups excluding carboxylic acids is 2. The first kappa shape index (κ1) is 23.7. The van der Waals surface area contributed by atoms with Crippen LogP contribution in [0.1, 0.15) is 33.1 Å². The Balaban J connectivity index is 2.32. The molecule has 30 heavy (non-hydrogen) atoms. The first-order valence-electron chi connectivity index (χ1n) is 9.22. The number of aliphatic carboxylic acids is 1. The van der Waals surface area contributed by atoms with Crippen molar-refractivity contribution < 1.29 is 24.2 Å². The van der Waals surface area contributed by atoms with Crippen LogP contribution < -0.4 is 5.32 Å². The molecular weight excluding hydrogens is 422 g/mol. The number of ketones is 1. The van der Waals surface area contributed by atoms with E-state index in [0.29, 0.717) is 17.7 Å². The van der Waals surface area contributed by atoms with E-state index in [-0.39, 0.29) is 30.2 Å². The van der Waals surface area contributed by atoms with Crippen molar-refractivity contribution >= 4 is 39.4 Å². The van der Waals surface area contributed by atoms with Crippen LogP contribution in [-0.4, -0.2) is 40.6 Å². The van der Waals surface area contributed by atoms with Gasteiger partial charge in [0.05, 0.1) is 25.1 Å². The molecule has 0 saturated heterocycles. The molecule has 0 saturated carbocycles. The van der Waals surface area contributed by atoms with Crippen LogP contribution in [0.25, 0.3) is 0 Å². The number of carbonyl (C=O) groups is 3. The van der Waals surface area contributed by atoms with Crippen molar-refractivity contribution in [1.82, 2.24) is 5.32 Å². The van der Waals surface area contributed by atoms with Gasteiger partial charge in [-0.1, -0.05) is 51.3 Å². The number of carboxylic acids is 1. The molecule has 2 bridgehead atoms. The summed E-state index contributed by atoms with van der Waals surface area (Å²) >= 11 is 0. The predicted octanol–water partition coefficient (Wildman–Crippen LogP) is 3.71. The smallest absolute Gasteiger partial charge is 0.411 e. The Labute approximate surface area is 184 Å². The lowest BCUT2D eigenvalue weighted by molar-refractivity contribution is -0.137. The molecule has 0 aromatic heterocycles. The summed E-state index contributed by atoms with van der Waals surface area (Å²) in [5.41, 5.74) is 1.71. The lowest BCUT2D eigenvalue weighted by Gasteiger charge is -2.26. The number of ether oxygens (including phenoxy) is 1. The van der Waals surface area contributed by atoms with E-state index in [1.807, 2.05) is 19.9 Å². The van der Waals surface area contributed by atoms with E-state index in [1.54, 1.807) is 12.2 Å². The third-order valence-electron chi connectivity index (χ3n) is 4.21. The molecular formula is C22H23NO5S2. The van der Waals surface area contributed by atoms with Crippen molar-refractivity contribution in [2.24, 2.45) is 5.92 Å². The molecule has 2 N–H and O–H groups in total. The topological polar surface area (TPSA) is 92.7 Å². The zero-order chi connectivity index (χ0) is 22.1. The molecule has 1 amide bonds. The summed E-state index contributed by atoms with van der Waals surface area (Å²) in [4.78, 5) is 35.4. The van der Waals surface area contributed by atoms with Crippen molar-refractivity contribution in [3.05, 3.63) is 35.1 Å². The third-order valence-corrected chi connectivity index (χ3v) is 7.35. The second-order valence-electron chi connectivity index (χ2n) is 7.13. The number of hydrogen-bond acceptors (Lipinski definition) is 6. The van der Waals surface area contributed by atoms with E-state index < -0.39 is 16.8 Å². The summed E-state index contributed by atoms with van der Waals surface area (Å²) in [6, 6.07) is 0. The number of amides is 1. The van der Waals surface area contributed by atoms with E-state index >= 15 is 0 Å². The van der Waals surface area contributed by atoms with Crippen LogP contribution in [0.5, 0.6) is 0 Å². The largest absolute Gasteiger partial charge is 0.481 e. The van der Waals surface area contributed by atoms with E-state index in [9.17, 15) is 14.4 Å². The standard InChI is InChI=1S/C22H23NO5S2/c1-22(2,14-19(25)26)30-29-12-11-16-15-9-7-5-4-6-8-10-17(16)20(18(24)13-15)23-21(27)28-3/h4-5,11,15H,10,12-14H2,1-3H3,(H,23,27)(H,25,26)/b5-4-,16-11-. The molecule has 6 nitrogen and oxygen atoms in total. The Morgan fingerprint density at radius 2 is 2.10 bits per heavy atom. The number of Topliss-reactive ketones (excluding diaryl/α,β-unsaturated/α-hetero) is 1. The van der Waals surface area contributed by atoms with Crippen molar-refractivity contribution in [3.8, 4) is 23.7 Å². The van der Waals surface area contributed by atoms with Crippen LogP contribution in [0.4, 0.5) is 4.79 Å². The maximum absolute atomic E-state index is 12.7. The van der Waals surface area contributed by atoms with Gasteiger partial charge in [0.1, 0.15) is 0 Å². The van der Waals surface area contributed by atoms with Gasteiger partial charge >= 0.3 is 12.1 Å². The number of methoxy groups -OCH3 is 1. The fraction of sp³-hybridized carbons (Fsp3) is 0.409. The summed E-state index contributed by atoms with van der Waals surface area (Å²) in [6.07, 6.45) is 5.11. The highest BCUT2D eigenvalue weighted by atomic mass is 33.1. The van der Waals surface area contributed by atoms with Crippen molar-refractivity contribution in [2.45, 2.75) is 37.9 Å². The molecule has 0 aromatic carbocycles. The molecule has 0 aliphatic heterocycles. The average Bonchev–Trinajstić information content (AvgIpc) is 2.66. The first-order chi connectivity index (χ1) is 14.2. The van der Waals surface area contributed by atoms with Crippen LogP contribution in [0.3, 0.4) is 0 Å². The van der Waals surface area contributed by atoms with Crippen LogP contribution in [0.2, 0.25) is 0 Å². The summed E-state index contributed by atoms with van der Waals surface area (Å²) in [6.45, 7) is 3.77. The fourth-order valence-corrected chi connectivity index (χ4v) is 5.30. The summed E-state index contributed by atoms with van der Waals surface area (Å²) < 4.78 is 4.24. The van der Waals surface area contributed by atoms with Gasteiger partial charge in [-0.05, 0) is 37.1 Å². The van der Waals surface area contributed by atoms with Crippen LogP contribution in [0, 0.1) is 29.6 Å². The Morgan fingerprint density at radius 3 is 2.80 bits per heavy atom. The van der Waals surface area contributed by atoms with Crippen molar-refractivity contribution in [2.75, 3.05) is 12.9 Å². The van der Waals surface area contributed by atoms with Gasteiger partial charge in [-0.25, -0.2) is 4.79 Å². The number of nitrogens with one attached hydrogen (secondary N) is 1. The quantitative estimate of drug-likeness (QED) is 0.351. The number of rotatable bonds is 7. The van der Waals surface area contributed by atoms with Gasteiger partial charge in [0.2, 0.25) is 0 Å². The third kappa shape index (κ3) is 7.05. The second-order valence-corrected chi connectivity index (χ2v) is 10.2. The summed E-state index contributed by atoms with van der Waals surface area (Å²) in [7, 11) is 4.27. The molecule has 1 atom stereocenters. The SMILES string of the molecule is COC(=O)NC1=C2CC#C/C=C\C#CC(CC1=O)/C2=C/CSSC(C)(C)CC(=O)O. The maximum Gasteiger partial charge on any atom is 0.411 e. The number of carboxylic acid groups (broad SMARTS) is 1. The van der Waals surface area contributed by atoms with Gasteiger partial charge in [-0.2, -0.15) is 0 Å². The lowest BCUT2D eigenvalue weighted by Crippen LogP contribution is -2.33. The van der Waals surface area contributed by atoms with Gasteiger partial charge in [-0.15, -0.1) is 0 Å². The molecule has 0 heterocycles. The Bertz CT molecular complexity index is 938. The van der Waals surface area contributed by atoms with Crippen LogP contribution in [0.15, 0.2) is 35.1 Å². The predicted molar refractivity (Wildman–Crippen MR) is 119 cm³/mol. The molecule has 2 aliphatic carbocycles. The molecule has 0 fully saturated rings. The minimum atomic E-state index is -0.836. The molecule has 1 unspecified atom stereocenters. The van der Waals surface area contributed by atoms with Gasteiger partial charge in [-0.3, -0.25) is 14.9 Å². The highest BCUT2D eigenvalue weighted by Crippen LogP contribution is 2.39. The molecule has 8 heteroatoms. The van der Waals surface area contributed by atoms with Crippen molar-refractivity contribution in [1.29, 1.82) is 0 Å². The molecule has 0 radical (unpaired) electrons. The normalized spacial score (nSPS) is 20.4. The Hall–Kier alpha value is -2.55. The second kappa shape index (κ2) is 11.0. The van der Waals surface area contributed by atoms with E-state index in [2.05, 4.69) is 33.7 Å². The monoisotopic (exact) mass is 445 g/mol. The number of alkyl carbamates (subject to hydrolysis) is 1. The van der Waals surface area contributed by atoms with Crippen LogP contribution in [-0.2, 0) is 14.3 Å². The Kier molecular flexibility index (Phi) is 8.71.